The van der Waals surface area contributed by atoms with E-state index in [9.17, 15) is 4.79 Å². The maximum atomic E-state index is 9.96. The van der Waals surface area contributed by atoms with Gasteiger partial charge in [0.15, 0.2) is 0 Å². The van der Waals surface area contributed by atoms with Crippen LogP contribution in [-0.4, -0.2) is 16.1 Å². The van der Waals surface area contributed by atoms with E-state index in [-0.39, 0.29) is 0 Å². The second-order valence-corrected chi connectivity index (χ2v) is 1.22. The number of amides is 1. The summed E-state index contributed by atoms with van der Waals surface area (Å²) in [6, 6.07) is 0. The van der Waals surface area contributed by atoms with Crippen molar-refractivity contribution in [3.63, 3.8) is 0 Å². The van der Waals surface area contributed by atoms with Gasteiger partial charge in [-0.1, -0.05) is 0 Å². The van der Waals surface area contributed by atoms with Gasteiger partial charge in [0.1, 0.15) is 6.26 Å². The molecule has 1 heterocycles. The first-order valence-corrected chi connectivity index (χ1v) is 1.97. The molecule has 1 N–H and O–H groups in total. The number of hydrogen-bond donors (Lipinski definition) is 1. The molecule has 4 heteroatoms. The summed E-state index contributed by atoms with van der Waals surface area (Å²) in [5.74, 6) is 0. The van der Waals surface area contributed by atoms with Crippen LogP contribution in [0.2, 0.25) is 0 Å². The van der Waals surface area contributed by atoms with Gasteiger partial charge < -0.3 is 9.84 Å². The molecule has 1 aliphatic rings. The van der Waals surface area contributed by atoms with Crippen LogP contribution in [0, 0.1) is 6.73 Å². The molecule has 43 valence electrons. The zero-order valence-corrected chi connectivity index (χ0v) is 3.94. The standard InChI is InChI=1S/C4H4NO3/c6-4(7)5-1-2-8-3-5/h1-3H,(H,6,7). The Morgan fingerprint density at radius 1 is 1.75 bits per heavy atom. The van der Waals surface area contributed by atoms with Crippen LogP contribution in [-0.2, 0) is 4.74 Å². The van der Waals surface area contributed by atoms with E-state index in [4.69, 9.17) is 5.11 Å². The number of carbonyl (C=O) groups is 1. The molecule has 0 aliphatic carbocycles. The minimum Gasteiger partial charge on any atom is -0.470 e. The summed E-state index contributed by atoms with van der Waals surface area (Å²) >= 11 is 0. The molecule has 0 bridgehead atoms. The Hall–Kier alpha value is -1.19. The van der Waals surface area contributed by atoms with E-state index in [2.05, 4.69) is 4.74 Å². The van der Waals surface area contributed by atoms with Crippen molar-refractivity contribution in [1.29, 1.82) is 0 Å². The lowest BCUT2D eigenvalue weighted by Gasteiger charge is -2.01. The highest BCUT2D eigenvalue weighted by Crippen LogP contribution is 2.04. The number of nitrogens with zero attached hydrogens (tertiary/aromatic N) is 1. The third-order valence-electron chi connectivity index (χ3n) is 0.695. The molecule has 0 atom stereocenters. The van der Waals surface area contributed by atoms with E-state index in [1.165, 1.54) is 12.5 Å². The van der Waals surface area contributed by atoms with Crippen LogP contribution in [0.3, 0.4) is 0 Å². The highest BCUT2D eigenvalue weighted by Gasteiger charge is 2.12. The third-order valence-corrected chi connectivity index (χ3v) is 0.695. The van der Waals surface area contributed by atoms with Gasteiger partial charge >= 0.3 is 6.09 Å². The van der Waals surface area contributed by atoms with E-state index >= 15 is 0 Å². The van der Waals surface area contributed by atoms with E-state index in [0.717, 1.165) is 11.6 Å². The molecule has 0 fully saturated rings. The summed E-state index contributed by atoms with van der Waals surface area (Å²) in [4.78, 5) is 10.9. The van der Waals surface area contributed by atoms with Gasteiger partial charge in [0.05, 0.1) is 0 Å². The molecule has 4 nitrogen and oxygen atoms in total. The first kappa shape index (κ1) is 4.96. The SMILES string of the molecule is O=C(O)N1[CH]OC=C1. The Kier molecular flexibility index (Phi) is 1.07. The normalized spacial score (nSPS) is 16.2. The Bertz CT molecular complexity index is 131. The average Bonchev–Trinajstić information content (AvgIpc) is 2.12. The zero-order valence-electron chi connectivity index (χ0n) is 3.94. The summed E-state index contributed by atoms with van der Waals surface area (Å²) in [6.07, 6.45) is 1.55. The van der Waals surface area contributed by atoms with Crippen molar-refractivity contribution in [2.75, 3.05) is 0 Å². The number of ether oxygens (including phenoxy) is 1. The van der Waals surface area contributed by atoms with Crippen molar-refractivity contribution in [2.24, 2.45) is 0 Å². The van der Waals surface area contributed by atoms with Crippen molar-refractivity contribution < 1.29 is 14.6 Å². The van der Waals surface area contributed by atoms with E-state index in [1.807, 2.05) is 0 Å². The van der Waals surface area contributed by atoms with Crippen molar-refractivity contribution in [3.05, 3.63) is 19.2 Å². The predicted octanol–water partition coefficient (Wildman–Crippen LogP) is 0.587. The zero-order chi connectivity index (χ0) is 5.98. The lowest BCUT2D eigenvalue weighted by Crippen LogP contribution is -2.17. The molecule has 1 aliphatic heterocycles. The van der Waals surface area contributed by atoms with Gasteiger partial charge in [-0.2, -0.15) is 0 Å². The maximum Gasteiger partial charge on any atom is 0.414 e. The van der Waals surface area contributed by atoms with Crippen LogP contribution >= 0.6 is 0 Å². The molecule has 0 aromatic heterocycles. The molecule has 1 rings (SSSR count). The fourth-order valence-electron chi connectivity index (χ4n) is 0.345. The molecule has 0 aromatic rings. The lowest BCUT2D eigenvalue weighted by molar-refractivity contribution is 0.157. The molecule has 1 radical (unpaired) electrons. The molecule has 8 heavy (non-hydrogen) atoms. The Balaban J connectivity index is 2.48. The molecule has 0 unspecified atom stereocenters. The van der Waals surface area contributed by atoms with Gasteiger partial charge in [0.25, 0.3) is 0 Å². The Morgan fingerprint density at radius 2 is 2.50 bits per heavy atom. The van der Waals surface area contributed by atoms with Crippen LogP contribution in [0.4, 0.5) is 4.79 Å². The van der Waals surface area contributed by atoms with Crippen molar-refractivity contribution >= 4 is 6.09 Å². The predicted molar refractivity (Wildman–Crippen MR) is 24.4 cm³/mol. The van der Waals surface area contributed by atoms with Crippen LogP contribution in [0.25, 0.3) is 0 Å². The van der Waals surface area contributed by atoms with Gasteiger partial charge in [-0.25, -0.2) is 9.69 Å². The molecular weight excluding hydrogens is 110 g/mol. The first-order chi connectivity index (χ1) is 3.80. The summed E-state index contributed by atoms with van der Waals surface area (Å²) in [7, 11) is 0. The van der Waals surface area contributed by atoms with E-state index in [0.29, 0.717) is 0 Å². The topological polar surface area (TPSA) is 49.8 Å². The van der Waals surface area contributed by atoms with Crippen molar-refractivity contribution in [2.45, 2.75) is 0 Å². The molecule has 1 amide bonds. The molecule has 0 aromatic carbocycles. The second kappa shape index (κ2) is 1.73. The lowest BCUT2D eigenvalue weighted by atomic mass is 10.8. The minimum absolute atomic E-state index is 0.917. The van der Waals surface area contributed by atoms with Gasteiger partial charge in [-0.15, -0.1) is 0 Å². The van der Waals surface area contributed by atoms with Crippen molar-refractivity contribution in [3.8, 4) is 0 Å². The summed E-state index contributed by atoms with van der Waals surface area (Å²) < 4.78 is 4.46. The minimum atomic E-state index is -1.04. The largest absolute Gasteiger partial charge is 0.470 e. The number of hydrogen-bond acceptors (Lipinski definition) is 2. The van der Waals surface area contributed by atoms with Crippen LogP contribution in [0.5, 0.6) is 0 Å². The second-order valence-electron chi connectivity index (χ2n) is 1.22. The number of carboxylic acid groups (broad SMARTS) is 1. The van der Waals surface area contributed by atoms with Gasteiger partial charge in [-0.05, 0) is 0 Å². The monoisotopic (exact) mass is 114 g/mol. The first-order valence-electron chi connectivity index (χ1n) is 1.97. The smallest absolute Gasteiger partial charge is 0.414 e. The van der Waals surface area contributed by atoms with Gasteiger partial charge in [-0.3, -0.25) is 0 Å². The van der Waals surface area contributed by atoms with Crippen LogP contribution in [0.15, 0.2) is 12.5 Å². The summed E-state index contributed by atoms with van der Waals surface area (Å²) in [5, 5.41) is 8.18. The van der Waals surface area contributed by atoms with E-state index < -0.39 is 6.09 Å². The molecule has 0 spiro atoms. The molecule has 0 saturated carbocycles. The highest BCUT2D eigenvalue weighted by atomic mass is 16.5. The Morgan fingerprint density at radius 3 is 2.75 bits per heavy atom. The van der Waals surface area contributed by atoms with Crippen LogP contribution < -0.4 is 0 Å². The molecular formula is C4H4NO3. The fourth-order valence-corrected chi connectivity index (χ4v) is 0.345. The summed E-state index contributed by atoms with van der Waals surface area (Å²) in [6.45, 7) is 1.10. The summed E-state index contributed by atoms with van der Waals surface area (Å²) in [5.41, 5.74) is 0. The molecule has 0 saturated heterocycles. The highest BCUT2D eigenvalue weighted by molar-refractivity contribution is 5.67. The fraction of sp³-hybridized carbons (Fsp3) is 0. The van der Waals surface area contributed by atoms with Crippen LogP contribution in [0.1, 0.15) is 0 Å². The van der Waals surface area contributed by atoms with Crippen molar-refractivity contribution in [1.82, 2.24) is 4.90 Å². The van der Waals surface area contributed by atoms with E-state index in [1.54, 1.807) is 0 Å². The average molecular weight is 114 g/mol. The van der Waals surface area contributed by atoms with Gasteiger partial charge in [0, 0.05) is 6.20 Å². The Labute approximate surface area is 46.0 Å². The number of rotatable bonds is 0. The quantitative estimate of drug-likeness (QED) is 0.501. The van der Waals surface area contributed by atoms with Gasteiger partial charge in [0.2, 0.25) is 6.73 Å². The third kappa shape index (κ3) is 0.726. The maximum absolute atomic E-state index is 9.96.